The zero-order valence-corrected chi connectivity index (χ0v) is 18.2. The van der Waals surface area contributed by atoms with Gasteiger partial charge in [0.05, 0.1) is 11.4 Å². The van der Waals surface area contributed by atoms with Gasteiger partial charge in [-0.2, -0.15) is 5.10 Å². The molecule has 0 unspecified atom stereocenters. The summed E-state index contributed by atoms with van der Waals surface area (Å²) in [6, 6.07) is 16.9. The number of thiophene rings is 1. The highest BCUT2D eigenvalue weighted by Crippen LogP contribution is 2.39. The van der Waals surface area contributed by atoms with Gasteiger partial charge in [0.2, 0.25) is 0 Å². The van der Waals surface area contributed by atoms with E-state index in [0.717, 1.165) is 28.2 Å². The number of carbonyl (C=O) groups excluding carboxylic acids is 1. The smallest absolute Gasteiger partial charge is 0.339 e. The summed E-state index contributed by atoms with van der Waals surface area (Å²) in [6.45, 7) is 5.67. The quantitative estimate of drug-likeness (QED) is 0.438. The number of benzene rings is 2. The van der Waals surface area contributed by atoms with Crippen molar-refractivity contribution in [3.8, 4) is 16.8 Å². The standard InChI is InChI=1S/C24H21N3O3S/c1-14-8-7-9-17(12-14)22(28)25-23-21(24(29)30)19(13-31-23)20-15(2)26-27(16(20)3)18-10-5-4-6-11-18/h4-13H,1-3H3,(H,25,28)(H,29,30). The average molecular weight is 432 g/mol. The molecule has 0 aliphatic heterocycles. The maximum atomic E-state index is 12.7. The Morgan fingerprint density at radius 2 is 1.77 bits per heavy atom. The molecule has 0 saturated heterocycles. The molecule has 7 heteroatoms. The topological polar surface area (TPSA) is 84.2 Å². The third-order valence-corrected chi connectivity index (χ3v) is 5.97. The molecule has 0 saturated carbocycles. The summed E-state index contributed by atoms with van der Waals surface area (Å²) in [4.78, 5) is 24.9. The minimum atomic E-state index is -1.10. The summed E-state index contributed by atoms with van der Waals surface area (Å²) in [5, 5.41) is 19.4. The third-order valence-electron chi connectivity index (χ3n) is 5.07. The summed E-state index contributed by atoms with van der Waals surface area (Å²) < 4.78 is 1.80. The number of aryl methyl sites for hydroxylation is 2. The number of nitrogens with one attached hydrogen (secondary N) is 1. The first kappa shape index (κ1) is 20.6. The van der Waals surface area contributed by atoms with Crippen molar-refractivity contribution in [1.29, 1.82) is 0 Å². The Kier molecular flexibility index (Phi) is 5.44. The van der Waals surface area contributed by atoms with E-state index in [1.165, 1.54) is 11.3 Å². The molecule has 156 valence electrons. The summed E-state index contributed by atoms with van der Waals surface area (Å²) in [5.41, 5.74) is 5.27. The molecule has 2 aromatic heterocycles. The zero-order valence-electron chi connectivity index (χ0n) is 17.3. The second kappa shape index (κ2) is 8.20. The number of nitrogens with zero attached hydrogens (tertiary/aromatic N) is 2. The first-order valence-electron chi connectivity index (χ1n) is 9.71. The molecule has 0 aliphatic carbocycles. The fourth-order valence-corrected chi connectivity index (χ4v) is 4.60. The second-order valence-corrected chi connectivity index (χ2v) is 8.16. The van der Waals surface area contributed by atoms with Gasteiger partial charge < -0.3 is 10.4 Å². The lowest BCUT2D eigenvalue weighted by molar-refractivity contribution is 0.0699. The zero-order chi connectivity index (χ0) is 22.1. The van der Waals surface area contributed by atoms with Crippen LogP contribution in [0.2, 0.25) is 0 Å². The first-order valence-corrected chi connectivity index (χ1v) is 10.6. The number of hydrogen-bond acceptors (Lipinski definition) is 4. The van der Waals surface area contributed by atoms with E-state index in [9.17, 15) is 14.7 Å². The van der Waals surface area contributed by atoms with Crippen LogP contribution in [0.1, 0.15) is 37.7 Å². The summed E-state index contributed by atoms with van der Waals surface area (Å²) in [7, 11) is 0. The Balaban J connectivity index is 1.76. The lowest BCUT2D eigenvalue weighted by atomic mass is 10.0. The number of anilines is 1. The van der Waals surface area contributed by atoms with Gasteiger partial charge in [-0.3, -0.25) is 4.79 Å². The summed E-state index contributed by atoms with van der Waals surface area (Å²) >= 11 is 1.20. The molecule has 6 nitrogen and oxygen atoms in total. The van der Waals surface area contributed by atoms with Crippen molar-refractivity contribution in [3.63, 3.8) is 0 Å². The Labute approximate surface area is 183 Å². The van der Waals surface area contributed by atoms with Crippen molar-refractivity contribution < 1.29 is 14.7 Å². The van der Waals surface area contributed by atoms with E-state index in [-0.39, 0.29) is 11.5 Å². The lowest BCUT2D eigenvalue weighted by Gasteiger charge is -2.08. The summed E-state index contributed by atoms with van der Waals surface area (Å²) in [5.74, 6) is -1.44. The second-order valence-electron chi connectivity index (χ2n) is 7.28. The normalized spacial score (nSPS) is 10.8. The minimum Gasteiger partial charge on any atom is -0.478 e. The maximum Gasteiger partial charge on any atom is 0.339 e. The van der Waals surface area contributed by atoms with Crippen LogP contribution in [-0.2, 0) is 0 Å². The molecule has 2 aromatic carbocycles. The van der Waals surface area contributed by atoms with Gasteiger partial charge in [0, 0.05) is 27.8 Å². The monoisotopic (exact) mass is 431 g/mol. The highest BCUT2D eigenvalue weighted by molar-refractivity contribution is 7.15. The number of hydrogen-bond donors (Lipinski definition) is 2. The average Bonchev–Trinajstić information content (AvgIpc) is 3.28. The Morgan fingerprint density at radius 3 is 2.45 bits per heavy atom. The number of amides is 1. The van der Waals surface area contributed by atoms with Gasteiger partial charge in [-0.25, -0.2) is 9.48 Å². The molecule has 1 amide bonds. The van der Waals surface area contributed by atoms with Crippen LogP contribution in [0.25, 0.3) is 16.8 Å². The molecule has 4 aromatic rings. The number of aromatic carboxylic acids is 1. The van der Waals surface area contributed by atoms with E-state index in [1.807, 2.05) is 57.2 Å². The van der Waals surface area contributed by atoms with Gasteiger partial charge in [0.1, 0.15) is 10.6 Å². The van der Waals surface area contributed by atoms with Gasteiger partial charge in [0.25, 0.3) is 5.91 Å². The third kappa shape index (κ3) is 3.87. The molecule has 2 N–H and O–H groups in total. The molecule has 0 aliphatic rings. The van der Waals surface area contributed by atoms with E-state index >= 15 is 0 Å². The first-order chi connectivity index (χ1) is 14.9. The molecule has 0 atom stereocenters. The van der Waals surface area contributed by atoms with E-state index in [1.54, 1.807) is 28.3 Å². The van der Waals surface area contributed by atoms with Crippen LogP contribution in [0, 0.1) is 20.8 Å². The van der Waals surface area contributed by atoms with Crippen LogP contribution in [0.3, 0.4) is 0 Å². The Hall–Kier alpha value is -3.71. The van der Waals surface area contributed by atoms with Crippen molar-refractivity contribution in [2.45, 2.75) is 20.8 Å². The number of carboxylic acid groups (broad SMARTS) is 1. The molecule has 31 heavy (non-hydrogen) atoms. The van der Waals surface area contributed by atoms with Gasteiger partial charge in [0.15, 0.2) is 0 Å². The van der Waals surface area contributed by atoms with Gasteiger partial charge in [-0.15, -0.1) is 11.3 Å². The van der Waals surface area contributed by atoms with Crippen LogP contribution >= 0.6 is 11.3 Å². The molecular weight excluding hydrogens is 410 g/mol. The SMILES string of the molecule is Cc1cccc(C(=O)Nc2scc(-c3c(C)nn(-c4ccccc4)c3C)c2C(=O)O)c1. The maximum absolute atomic E-state index is 12.7. The van der Waals surface area contributed by atoms with Crippen molar-refractivity contribution in [3.05, 3.63) is 88.1 Å². The van der Waals surface area contributed by atoms with Crippen molar-refractivity contribution >= 4 is 28.2 Å². The lowest BCUT2D eigenvalue weighted by Crippen LogP contribution is -2.13. The largest absolute Gasteiger partial charge is 0.478 e. The van der Waals surface area contributed by atoms with Gasteiger partial charge in [-0.1, -0.05) is 35.9 Å². The molecule has 4 rings (SSSR count). The number of rotatable bonds is 5. The number of carboxylic acids is 1. The van der Waals surface area contributed by atoms with E-state index in [0.29, 0.717) is 16.1 Å². The fourth-order valence-electron chi connectivity index (χ4n) is 3.66. The predicted molar refractivity (Wildman–Crippen MR) is 122 cm³/mol. The van der Waals surface area contributed by atoms with Crippen LogP contribution in [0.5, 0.6) is 0 Å². The van der Waals surface area contributed by atoms with E-state index < -0.39 is 5.97 Å². The number of para-hydroxylation sites is 1. The summed E-state index contributed by atoms with van der Waals surface area (Å²) in [6.07, 6.45) is 0. The molecule has 2 heterocycles. The Bertz CT molecular complexity index is 1290. The van der Waals surface area contributed by atoms with Crippen molar-refractivity contribution in [1.82, 2.24) is 9.78 Å². The molecular formula is C24H21N3O3S. The van der Waals surface area contributed by atoms with Crippen LogP contribution in [0.15, 0.2) is 60.0 Å². The van der Waals surface area contributed by atoms with Crippen LogP contribution in [0.4, 0.5) is 5.00 Å². The van der Waals surface area contributed by atoms with Gasteiger partial charge >= 0.3 is 5.97 Å². The number of aromatic nitrogens is 2. The van der Waals surface area contributed by atoms with Crippen LogP contribution < -0.4 is 5.32 Å². The van der Waals surface area contributed by atoms with E-state index in [2.05, 4.69) is 10.4 Å². The predicted octanol–water partition coefficient (Wildman–Crippen LogP) is 5.48. The van der Waals surface area contributed by atoms with Crippen LogP contribution in [-0.4, -0.2) is 26.8 Å². The minimum absolute atomic E-state index is 0.0739. The Morgan fingerprint density at radius 1 is 1.03 bits per heavy atom. The molecule has 0 bridgehead atoms. The highest BCUT2D eigenvalue weighted by atomic mass is 32.1. The highest BCUT2D eigenvalue weighted by Gasteiger charge is 2.25. The molecule has 0 radical (unpaired) electrons. The fraction of sp³-hybridized carbons (Fsp3) is 0.125. The van der Waals surface area contributed by atoms with Crippen molar-refractivity contribution in [2.75, 3.05) is 5.32 Å². The van der Waals surface area contributed by atoms with Gasteiger partial charge in [-0.05, 0) is 45.0 Å². The van der Waals surface area contributed by atoms with Crippen molar-refractivity contribution in [2.24, 2.45) is 0 Å². The van der Waals surface area contributed by atoms with E-state index in [4.69, 9.17) is 0 Å². The molecule has 0 fully saturated rings. The number of carbonyl (C=O) groups is 2. The molecule has 0 spiro atoms.